The third-order valence-corrected chi connectivity index (χ3v) is 3.63. The van der Waals surface area contributed by atoms with E-state index < -0.39 is 10.0 Å². The van der Waals surface area contributed by atoms with Crippen molar-refractivity contribution in [1.29, 1.82) is 0 Å². The molecule has 0 aromatic carbocycles. The van der Waals surface area contributed by atoms with E-state index >= 15 is 0 Å². The fourth-order valence-electron chi connectivity index (χ4n) is 2.37. The third kappa shape index (κ3) is 2.08. The van der Waals surface area contributed by atoms with E-state index in [4.69, 9.17) is 4.74 Å². The van der Waals surface area contributed by atoms with Crippen LogP contribution in [0.15, 0.2) is 0 Å². The highest BCUT2D eigenvalue weighted by Crippen LogP contribution is 2.36. The van der Waals surface area contributed by atoms with Crippen molar-refractivity contribution < 1.29 is 18.3 Å². The first kappa shape index (κ1) is 10.4. The summed E-state index contributed by atoms with van der Waals surface area (Å²) in [5, 5.41) is 9.39. The van der Waals surface area contributed by atoms with Crippen molar-refractivity contribution >= 4 is 10.0 Å². The molecule has 0 spiro atoms. The summed E-state index contributed by atoms with van der Waals surface area (Å²) in [5.74, 6) is 0.139. The lowest BCUT2D eigenvalue weighted by molar-refractivity contribution is 0.0806. The van der Waals surface area contributed by atoms with Gasteiger partial charge in [0, 0.05) is 5.92 Å². The van der Waals surface area contributed by atoms with Crippen molar-refractivity contribution in [3.63, 3.8) is 0 Å². The van der Waals surface area contributed by atoms with Crippen LogP contribution in [0.3, 0.4) is 0 Å². The molecule has 1 saturated heterocycles. The Balaban J connectivity index is 2.02. The van der Waals surface area contributed by atoms with Crippen molar-refractivity contribution in [2.75, 3.05) is 12.9 Å². The van der Waals surface area contributed by atoms with Crippen LogP contribution in [-0.2, 0) is 14.8 Å². The van der Waals surface area contributed by atoms with Gasteiger partial charge in [0.25, 0.3) is 0 Å². The first-order chi connectivity index (χ1) is 6.46. The zero-order valence-corrected chi connectivity index (χ0v) is 8.83. The molecule has 0 bridgehead atoms. The molecule has 6 heteroatoms. The maximum atomic E-state index is 11.0. The number of hydrogen-bond donors (Lipinski definition) is 2. The van der Waals surface area contributed by atoms with Gasteiger partial charge in [0.1, 0.15) is 0 Å². The van der Waals surface area contributed by atoms with Crippen molar-refractivity contribution in [2.45, 2.75) is 31.1 Å². The van der Waals surface area contributed by atoms with E-state index in [9.17, 15) is 13.5 Å². The number of aliphatic hydroxyl groups is 1. The maximum Gasteiger partial charge on any atom is 0.209 e. The fourth-order valence-corrected chi connectivity index (χ4v) is 3.16. The van der Waals surface area contributed by atoms with Crippen LogP contribution in [0.1, 0.15) is 12.8 Å². The number of rotatable bonds is 2. The Labute approximate surface area is 83.5 Å². The van der Waals surface area contributed by atoms with Gasteiger partial charge in [0.2, 0.25) is 10.0 Å². The average molecular weight is 221 g/mol. The van der Waals surface area contributed by atoms with Gasteiger partial charge in [-0.3, -0.25) is 0 Å². The van der Waals surface area contributed by atoms with Gasteiger partial charge in [-0.25, -0.2) is 13.1 Å². The van der Waals surface area contributed by atoms with E-state index in [1.165, 1.54) is 0 Å². The molecule has 0 unspecified atom stereocenters. The zero-order valence-electron chi connectivity index (χ0n) is 8.01. The molecule has 0 radical (unpaired) electrons. The molecular weight excluding hydrogens is 206 g/mol. The van der Waals surface area contributed by atoms with Crippen LogP contribution >= 0.6 is 0 Å². The highest BCUT2D eigenvalue weighted by Gasteiger charge is 2.44. The second kappa shape index (κ2) is 3.44. The summed E-state index contributed by atoms with van der Waals surface area (Å²) in [6.07, 6.45) is 2.11. The van der Waals surface area contributed by atoms with Gasteiger partial charge < -0.3 is 9.84 Å². The number of ether oxygens (including phenoxy) is 1. The van der Waals surface area contributed by atoms with Gasteiger partial charge in [-0.15, -0.1) is 0 Å². The van der Waals surface area contributed by atoms with Crippen LogP contribution in [0.4, 0.5) is 0 Å². The number of fused-ring (bicyclic) bond motifs is 1. The summed E-state index contributed by atoms with van der Waals surface area (Å²) in [6.45, 7) is 0.426. The lowest BCUT2D eigenvalue weighted by Gasteiger charge is -2.16. The minimum Gasteiger partial charge on any atom is -0.393 e. The number of sulfonamides is 1. The molecule has 5 nitrogen and oxygen atoms in total. The molecule has 1 saturated carbocycles. The molecule has 2 rings (SSSR count). The Morgan fingerprint density at radius 2 is 2.14 bits per heavy atom. The van der Waals surface area contributed by atoms with Crippen LogP contribution in [0.5, 0.6) is 0 Å². The first-order valence-electron chi connectivity index (χ1n) is 4.72. The average Bonchev–Trinajstić information content (AvgIpc) is 2.49. The standard InChI is InChI=1S/C8H15NO4S/c1-14(11,12)9-7-4-13-8-3-5(10)2-6(7)8/h5-10H,2-4H2,1H3/t5-,6-,7+,8-/m1/s1. The van der Waals surface area contributed by atoms with Crippen LogP contribution in [0.2, 0.25) is 0 Å². The van der Waals surface area contributed by atoms with E-state index in [-0.39, 0.29) is 24.2 Å². The molecule has 0 amide bonds. The lowest BCUT2D eigenvalue weighted by Crippen LogP contribution is -2.39. The second-order valence-corrected chi connectivity index (χ2v) is 5.94. The first-order valence-corrected chi connectivity index (χ1v) is 6.62. The molecular formula is C8H15NO4S. The Hall–Kier alpha value is -0.170. The van der Waals surface area contributed by atoms with E-state index in [0.717, 1.165) is 6.26 Å². The lowest BCUT2D eigenvalue weighted by atomic mass is 10.0. The molecule has 2 N–H and O–H groups in total. The number of aliphatic hydroxyl groups excluding tert-OH is 1. The molecule has 1 aliphatic carbocycles. The van der Waals surface area contributed by atoms with E-state index in [2.05, 4.69) is 4.72 Å². The molecule has 0 aromatic heterocycles. The molecule has 1 aliphatic heterocycles. The van der Waals surface area contributed by atoms with Crippen molar-refractivity contribution in [1.82, 2.24) is 4.72 Å². The van der Waals surface area contributed by atoms with Crippen molar-refractivity contribution in [3.05, 3.63) is 0 Å². The molecule has 14 heavy (non-hydrogen) atoms. The van der Waals surface area contributed by atoms with Crippen LogP contribution in [0, 0.1) is 5.92 Å². The molecule has 2 aliphatic rings. The molecule has 4 atom stereocenters. The monoisotopic (exact) mass is 221 g/mol. The van der Waals surface area contributed by atoms with Crippen molar-refractivity contribution in [2.24, 2.45) is 5.92 Å². The van der Waals surface area contributed by atoms with Gasteiger partial charge in [-0.2, -0.15) is 0 Å². The van der Waals surface area contributed by atoms with Gasteiger partial charge in [-0.1, -0.05) is 0 Å². The topological polar surface area (TPSA) is 75.6 Å². The number of nitrogens with one attached hydrogen (secondary N) is 1. The Morgan fingerprint density at radius 3 is 2.79 bits per heavy atom. The van der Waals surface area contributed by atoms with E-state index in [0.29, 0.717) is 19.4 Å². The zero-order chi connectivity index (χ0) is 10.3. The van der Waals surface area contributed by atoms with Gasteiger partial charge in [0.05, 0.1) is 31.1 Å². The largest absolute Gasteiger partial charge is 0.393 e. The molecule has 2 fully saturated rings. The Bertz CT molecular complexity index is 315. The van der Waals surface area contributed by atoms with Gasteiger partial charge in [-0.05, 0) is 12.8 Å². The minimum absolute atomic E-state index is 0.0317. The summed E-state index contributed by atoms with van der Waals surface area (Å²) in [4.78, 5) is 0. The summed E-state index contributed by atoms with van der Waals surface area (Å²) < 4.78 is 30.0. The van der Waals surface area contributed by atoms with E-state index in [1.54, 1.807) is 0 Å². The van der Waals surface area contributed by atoms with E-state index in [1.807, 2.05) is 0 Å². The predicted octanol–water partition coefficient (Wildman–Crippen LogP) is -0.926. The second-order valence-electron chi connectivity index (χ2n) is 4.16. The van der Waals surface area contributed by atoms with Crippen LogP contribution in [0.25, 0.3) is 0 Å². The third-order valence-electron chi connectivity index (χ3n) is 2.90. The quantitative estimate of drug-likeness (QED) is 0.632. The normalized spacial score (nSPS) is 42.7. The minimum atomic E-state index is -3.18. The Morgan fingerprint density at radius 1 is 1.43 bits per heavy atom. The maximum absolute atomic E-state index is 11.0. The summed E-state index contributed by atoms with van der Waals surface area (Å²) >= 11 is 0. The molecule has 1 heterocycles. The smallest absolute Gasteiger partial charge is 0.209 e. The fraction of sp³-hybridized carbons (Fsp3) is 1.00. The van der Waals surface area contributed by atoms with Crippen LogP contribution in [-0.4, -0.2) is 44.6 Å². The SMILES string of the molecule is CS(=O)(=O)N[C@H]1CO[C@@H]2C[C@H](O)C[C@H]12. The predicted molar refractivity (Wildman–Crippen MR) is 50.2 cm³/mol. The van der Waals surface area contributed by atoms with Gasteiger partial charge in [0.15, 0.2) is 0 Å². The highest BCUT2D eigenvalue weighted by atomic mass is 32.2. The van der Waals surface area contributed by atoms with Gasteiger partial charge >= 0.3 is 0 Å². The number of hydrogen-bond acceptors (Lipinski definition) is 4. The van der Waals surface area contributed by atoms with Crippen molar-refractivity contribution in [3.8, 4) is 0 Å². The molecule has 0 aromatic rings. The summed E-state index contributed by atoms with van der Waals surface area (Å²) in [7, 11) is -3.18. The summed E-state index contributed by atoms with van der Waals surface area (Å²) in [6, 6.07) is -0.160. The molecule has 82 valence electrons. The van der Waals surface area contributed by atoms with Crippen LogP contribution < -0.4 is 4.72 Å². The Kier molecular flexibility index (Phi) is 2.55. The summed E-state index contributed by atoms with van der Waals surface area (Å²) in [5.41, 5.74) is 0. The highest BCUT2D eigenvalue weighted by molar-refractivity contribution is 7.88.